The lowest BCUT2D eigenvalue weighted by Gasteiger charge is -2.06. The fourth-order valence-corrected chi connectivity index (χ4v) is 1.52. The minimum atomic E-state index is -1.95. The van der Waals surface area contributed by atoms with Crippen LogP contribution < -0.4 is 5.19 Å². The van der Waals surface area contributed by atoms with E-state index in [0.717, 1.165) is 0 Å². The van der Waals surface area contributed by atoms with Crippen LogP contribution in [0.4, 0.5) is 22.0 Å². The topological polar surface area (TPSA) is 0 Å². The average molecular weight is 212 g/mol. The lowest BCUT2D eigenvalue weighted by Crippen LogP contribution is -2.21. The van der Waals surface area contributed by atoms with Crippen molar-refractivity contribution in [2.24, 2.45) is 0 Å². The summed E-state index contributed by atoms with van der Waals surface area (Å²) in [5.74, 6) is -6.95. The molecule has 6 heteroatoms. The van der Waals surface area contributed by atoms with Crippen LogP contribution in [-0.2, 0) is 6.67 Å². The van der Waals surface area contributed by atoms with Gasteiger partial charge in [0.05, 0.1) is 0 Å². The summed E-state index contributed by atoms with van der Waals surface area (Å²) in [6.45, 7) is -1.33. The zero-order valence-electron chi connectivity index (χ0n) is 6.60. The predicted molar refractivity (Wildman–Crippen MR) is 40.7 cm³/mol. The Balaban J connectivity index is 3.56. The first-order valence-electron chi connectivity index (χ1n) is 3.38. The average Bonchev–Trinajstić information content (AvgIpc) is 2.13. The number of halogens is 5. The van der Waals surface area contributed by atoms with Crippen LogP contribution in [0.15, 0.2) is 0 Å². The summed E-state index contributed by atoms with van der Waals surface area (Å²) in [5.41, 5.74) is -0.719. The van der Waals surface area contributed by atoms with Gasteiger partial charge >= 0.3 is 0 Å². The molecule has 0 aliphatic carbocycles. The van der Waals surface area contributed by atoms with Crippen molar-refractivity contribution in [3.05, 3.63) is 28.8 Å². The van der Waals surface area contributed by atoms with Crippen molar-refractivity contribution in [3.63, 3.8) is 0 Å². The maximum atomic E-state index is 12.7. The molecule has 0 nitrogen and oxygen atoms in total. The van der Waals surface area contributed by atoms with E-state index < -0.39 is 40.7 Å². The van der Waals surface area contributed by atoms with Crippen molar-refractivity contribution in [3.8, 4) is 0 Å². The standard InChI is InChI=1S/C7H5F5Si/c8-1-2-3(9)4(10)5(11)6(12)7(2)13/h1H2,13H3. The van der Waals surface area contributed by atoms with Gasteiger partial charge in [0.15, 0.2) is 23.3 Å². The van der Waals surface area contributed by atoms with Crippen LogP contribution in [0.3, 0.4) is 0 Å². The molecule has 1 aromatic rings. The Bertz CT molecular complexity index is 320. The molecular weight excluding hydrogens is 207 g/mol. The number of benzene rings is 1. The largest absolute Gasteiger partial charge is 0.246 e. The van der Waals surface area contributed by atoms with Crippen LogP contribution in [0, 0.1) is 23.3 Å². The predicted octanol–water partition coefficient (Wildman–Crippen LogP) is 0.703. The Morgan fingerprint density at radius 2 is 1.31 bits per heavy atom. The van der Waals surface area contributed by atoms with Gasteiger partial charge in [0.2, 0.25) is 0 Å². The lowest BCUT2D eigenvalue weighted by atomic mass is 10.2. The van der Waals surface area contributed by atoms with Crippen LogP contribution in [0.1, 0.15) is 5.56 Å². The second-order valence-electron chi connectivity index (χ2n) is 2.49. The van der Waals surface area contributed by atoms with Crippen LogP contribution in [0.5, 0.6) is 0 Å². The minimum Gasteiger partial charge on any atom is -0.246 e. The highest BCUT2D eigenvalue weighted by Gasteiger charge is 2.22. The number of hydrogen-bond donors (Lipinski definition) is 0. The van der Waals surface area contributed by atoms with Crippen LogP contribution in [0.25, 0.3) is 0 Å². The summed E-state index contributed by atoms with van der Waals surface area (Å²) < 4.78 is 62.4. The zero-order valence-corrected chi connectivity index (χ0v) is 8.60. The van der Waals surface area contributed by atoms with E-state index in [2.05, 4.69) is 0 Å². The molecule has 0 atom stereocenters. The molecule has 1 aromatic carbocycles. The molecule has 0 fully saturated rings. The first kappa shape index (κ1) is 10.2. The van der Waals surface area contributed by atoms with Crippen molar-refractivity contribution in [2.45, 2.75) is 6.67 Å². The highest BCUT2D eigenvalue weighted by molar-refractivity contribution is 6.33. The van der Waals surface area contributed by atoms with E-state index >= 15 is 0 Å². The highest BCUT2D eigenvalue weighted by Crippen LogP contribution is 2.16. The van der Waals surface area contributed by atoms with Gasteiger partial charge in [-0.05, 0) is 5.19 Å². The van der Waals surface area contributed by atoms with E-state index in [1.807, 2.05) is 0 Å². The van der Waals surface area contributed by atoms with Gasteiger partial charge in [-0.15, -0.1) is 0 Å². The third-order valence-corrected chi connectivity index (χ3v) is 2.80. The van der Waals surface area contributed by atoms with Crippen molar-refractivity contribution in [1.29, 1.82) is 0 Å². The molecule has 0 aliphatic rings. The molecule has 0 aromatic heterocycles. The summed E-state index contributed by atoms with van der Waals surface area (Å²) in [4.78, 5) is 0. The van der Waals surface area contributed by atoms with Gasteiger partial charge in [-0.25, -0.2) is 22.0 Å². The number of hydrogen-bond acceptors (Lipinski definition) is 0. The molecule has 0 amide bonds. The van der Waals surface area contributed by atoms with Gasteiger partial charge in [0.25, 0.3) is 0 Å². The molecule has 0 saturated carbocycles. The maximum Gasteiger partial charge on any atom is 0.197 e. The van der Waals surface area contributed by atoms with Crippen molar-refractivity contribution < 1.29 is 22.0 Å². The van der Waals surface area contributed by atoms with E-state index in [0.29, 0.717) is 0 Å². The molecule has 0 heterocycles. The van der Waals surface area contributed by atoms with Gasteiger partial charge < -0.3 is 0 Å². The molecule has 13 heavy (non-hydrogen) atoms. The van der Waals surface area contributed by atoms with E-state index in [1.54, 1.807) is 0 Å². The van der Waals surface area contributed by atoms with Gasteiger partial charge in [-0.1, -0.05) is 0 Å². The Kier molecular flexibility index (Phi) is 2.70. The highest BCUT2D eigenvalue weighted by atomic mass is 28.1. The second kappa shape index (κ2) is 3.45. The number of rotatable bonds is 1. The minimum absolute atomic E-state index is 0.0791. The van der Waals surface area contributed by atoms with Gasteiger partial charge in [-0.2, -0.15) is 0 Å². The Hall–Kier alpha value is -0.913. The second-order valence-corrected chi connectivity index (χ2v) is 3.49. The molecule has 72 valence electrons. The third-order valence-electron chi connectivity index (χ3n) is 1.76. The van der Waals surface area contributed by atoms with Crippen LogP contribution >= 0.6 is 0 Å². The van der Waals surface area contributed by atoms with Crippen molar-refractivity contribution >= 4 is 15.4 Å². The Morgan fingerprint density at radius 1 is 0.846 bits per heavy atom. The quantitative estimate of drug-likeness (QED) is 0.278. The van der Waals surface area contributed by atoms with Gasteiger partial charge in [0, 0.05) is 15.8 Å². The summed E-state index contributed by atoms with van der Waals surface area (Å²) in [6.07, 6.45) is 0. The van der Waals surface area contributed by atoms with Gasteiger partial charge in [0.1, 0.15) is 6.67 Å². The summed E-state index contributed by atoms with van der Waals surface area (Å²) in [5, 5.41) is -0.404. The lowest BCUT2D eigenvalue weighted by molar-refractivity contribution is 0.392. The molecule has 0 bridgehead atoms. The van der Waals surface area contributed by atoms with Crippen LogP contribution in [0.2, 0.25) is 0 Å². The van der Waals surface area contributed by atoms with E-state index in [-0.39, 0.29) is 10.2 Å². The van der Waals surface area contributed by atoms with Crippen molar-refractivity contribution in [1.82, 2.24) is 0 Å². The van der Waals surface area contributed by atoms with E-state index in [9.17, 15) is 22.0 Å². The fourth-order valence-electron chi connectivity index (χ4n) is 0.946. The summed E-state index contributed by atoms with van der Waals surface area (Å²) in [7, 11) is -0.0791. The summed E-state index contributed by atoms with van der Waals surface area (Å²) >= 11 is 0. The Morgan fingerprint density at radius 3 is 1.77 bits per heavy atom. The molecule has 0 radical (unpaired) electrons. The molecule has 0 aliphatic heterocycles. The van der Waals surface area contributed by atoms with Crippen molar-refractivity contribution in [2.75, 3.05) is 0 Å². The molecule has 0 spiro atoms. The van der Waals surface area contributed by atoms with Gasteiger partial charge in [-0.3, -0.25) is 0 Å². The fraction of sp³-hybridized carbons (Fsp3) is 0.143. The first-order chi connectivity index (χ1) is 6.00. The molecule has 0 unspecified atom stereocenters. The normalized spacial score (nSPS) is 10.8. The molecule has 0 saturated heterocycles. The molecular formula is C7H5F5Si. The first-order valence-corrected chi connectivity index (χ1v) is 4.38. The smallest absolute Gasteiger partial charge is 0.197 e. The third kappa shape index (κ3) is 1.45. The maximum absolute atomic E-state index is 12.7. The SMILES string of the molecule is FCc1c(F)c(F)c(F)c(F)c1[SiH3]. The molecule has 0 N–H and O–H groups in total. The molecule has 1 rings (SSSR count). The summed E-state index contributed by atoms with van der Waals surface area (Å²) in [6, 6.07) is 0. The van der Waals surface area contributed by atoms with Crippen LogP contribution in [-0.4, -0.2) is 10.2 Å². The van der Waals surface area contributed by atoms with E-state index in [4.69, 9.17) is 0 Å². The zero-order chi connectivity index (χ0) is 10.2. The Labute approximate surface area is 73.8 Å². The monoisotopic (exact) mass is 212 g/mol. The number of alkyl halides is 1. The van der Waals surface area contributed by atoms with E-state index in [1.165, 1.54) is 0 Å².